The molecule has 0 saturated carbocycles. The minimum atomic E-state index is -4.30. The van der Waals surface area contributed by atoms with E-state index >= 15 is 0 Å². The van der Waals surface area contributed by atoms with Crippen molar-refractivity contribution in [2.45, 2.75) is 6.18 Å². The maximum Gasteiger partial charge on any atom is 0.416 e. The molecule has 0 fully saturated rings. The zero-order chi connectivity index (χ0) is 11.6. The SMILES string of the molecule is FC(F)(F)c1ccc(Nc2ccn[nH]2)cc1. The fourth-order valence-corrected chi connectivity index (χ4v) is 1.22. The number of anilines is 2. The van der Waals surface area contributed by atoms with E-state index in [-0.39, 0.29) is 0 Å². The number of nitrogens with zero attached hydrogens (tertiary/aromatic N) is 1. The van der Waals surface area contributed by atoms with Gasteiger partial charge in [-0.25, -0.2) is 0 Å². The monoisotopic (exact) mass is 227 g/mol. The summed E-state index contributed by atoms with van der Waals surface area (Å²) < 4.78 is 36.8. The molecule has 0 radical (unpaired) electrons. The fourth-order valence-electron chi connectivity index (χ4n) is 1.22. The number of rotatable bonds is 2. The summed E-state index contributed by atoms with van der Waals surface area (Å²) in [5.41, 5.74) is -0.0973. The van der Waals surface area contributed by atoms with E-state index in [1.54, 1.807) is 12.3 Å². The third-order valence-electron chi connectivity index (χ3n) is 1.99. The Morgan fingerprint density at radius 1 is 1.06 bits per heavy atom. The molecule has 2 aromatic rings. The van der Waals surface area contributed by atoms with Crippen LogP contribution in [0.15, 0.2) is 36.5 Å². The van der Waals surface area contributed by atoms with Crippen LogP contribution in [0.3, 0.4) is 0 Å². The number of benzene rings is 1. The summed E-state index contributed by atoms with van der Waals surface area (Å²) >= 11 is 0. The lowest BCUT2D eigenvalue weighted by Crippen LogP contribution is -2.04. The molecule has 1 aromatic heterocycles. The summed E-state index contributed by atoms with van der Waals surface area (Å²) in [5.74, 6) is 0.625. The molecule has 0 amide bonds. The second-order valence-electron chi connectivity index (χ2n) is 3.17. The largest absolute Gasteiger partial charge is 0.416 e. The van der Waals surface area contributed by atoms with Crippen molar-refractivity contribution in [1.82, 2.24) is 10.2 Å². The lowest BCUT2D eigenvalue weighted by molar-refractivity contribution is -0.137. The third kappa shape index (κ3) is 2.33. The van der Waals surface area contributed by atoms with E-state index in [1.165, 1.54) is 12.1 Å². The molecule has 0 aliphatic rings. The Bertz CT molecular complexity index is 445. The van der Waals surface area contributed by atoms with Gasteiger partial charge in [0.25, 0.3) is 0 Å². The lowest BCUT2D eigenvalue weighted by atomic mass is 10.2. The van der Waals surface area contributed by atoms with Crippen molar-refractivity contribution in [1.29, 1.82) is 0 Å². The predicted molar refractivity (Wildman–Crippen MR) is 53.3 cm³/mol. The van der Waals surface area contributed by atoms with Gasteiger partial charge in [0.15, 0.2) is 0 Å². The van der Waals surface area contributed by atoms with Crippen LogP contribution in [0.25, 0.3) is 0 Å². The van der Waals surface area contributed by atoms with Gasteiger partial charge in [0, 0.05) is 11.8 Å². The lowest BCUT2D eigenvalue weighted by Gasteiger charge is -2.08. The van der Waals surface area contributed by atoms with Crippen molar-refractivity contribution in [3.05, 3.63) is 42.1 Å². The van der Waals surface area contributed by atoms with Gasteiger partial charge in [0.1, 0.15) is 5.82 Å². The summed E-state index contributed by atoms with van der Waals surface area (Å²) in [6.07, 6.45) is -2.75. The van der Waals surface area contributed by atoms with Gasteiger partial charge in [-0.1, -0.05) is 0 Å². The van der Waals surface area contributed by atoms with E-state index in [0.29, 0.717) is 11.5 Å². The van der Waals surface area contributed by atoms with Gasteiger partial charge in [-0.15, -0.1) is 0 Å². The number of aromatic nitrogens is 2. The quantitative estimate of drug-likeness (QED) is 0.827. The highest BCUT2D eigenvalue weighted by atomic mass is 19.4. The Hall–Kier alpha value is -1.98. The highest BCUT2D eigenvalue weighted by molar-refractivity contribution is 5.55. The van der Waals surface area contributed by atoms with Crippen molar-refractivity contribution in [3.8, 4) is 0 Å². The molecular weight excluding hydrogens is 219 g/mol. The molecule has 16 heavy (non-hydrogen) atoms. The fraction of sp³-hybridized carbons (Fsp3) is 0.100. The number of hydrogen-bond acceptors (Lipinski definition) is 2. The predicted octanol–water partition coefficient (Wildman–Crippen LogP) is 3.17. The smallest absolute Gasteiger partial charge is 0.341 e. The molecule has 1 heterocycles. The molecule has 0 aliphatic heterocycles. The molecule has 0 aliphatic carbocycles. The minimum absolute atomic E-state index is 0.567. The summed E-state index contributed by atoms with van der Waals surface area (Å²) in [6, 6.07) is 6.46. The van der Waals surface area contributed by atoms with Crippen molar-refractivity contribution < 1.29 is 13.2 Å². The zero-order valence-corrected chi connectivity index (χ0v) is 8.05. The first-order valence-electron chi connectivity index (χ1n) is 4.49. The Labute approximate surface area is 89.3 Å². The van der Waals surface area contributed by atoms with Crippen LogP contribution in [0, 0.1) is 0 Å². The number of H-pyrrole nitrogens is 1. The highest BCUT2D eigenvalue weighted by Gasteiger charge is 2.29. The minimum Gasteiger partial charge on any atom is -0.341 e. The summed E-state index contributed by atoms with van der Waals surface area (Å²) in [4.78, 5) is 0. The average Bonchev–Trinajstić information content (AvgIpc) is 2.70. The number of hydrogen-bond donors (Lipinski definition) is 2. The van der Waals surface area contributed by atoms with Crippen LogP contribution in [0.5, 0.6) is 0 Å². The molecule has 2 rings (SSSR count). The third-order valence-corrected chi connectivity index (χ3v) is 1.99. The molecule has 0 unspecified atom stereocenters. The Balaban J connectivity index is 2.14. The molecule has 1 aromatic carbocycles. The Kier molecular flexibility index (Phi) is 2.55. The van der Waals surface area contributed by atoms with Crippen molar-refractivity contribution >= 4 is 11.5 Å². The standard InChI is InChI=1S/C10H8F3N3/c11-10(12,13)7-1-3-8(4-2-7)15-9-5-6-14-16-9/h1-6H,(H2,14,15,16). The first-order valence-corrected chi connectivity index (χ1v) is 4.49. The molecular formula is C10H8F3N3. The first-order chi connectivity index (χ1) is 7.55. The number of alkyl halides is 3. The van der Waals surface area contributed by atoms with Crippen molar-refractivity contribution in [3.63, 3.8) is 0 Å². The van der Waals surface area contributed by atoms with E-state index in [4.69, 9.17) is 0 Å². The second kappa shape index (κ2) is 3.88. The number of aromatic amines is 1. The van der Waals surface area contributed by atoms with Crippen LogP contribution < -0.4 is 5.32 Å². The van der Waals surface area contributed by atoms with Crippen LogP contribution >= 0.6 is 0 Å². The van der Waals surface area contributed by atoms with Gasteiger partial charge in [0.2, 0.25) is 0 Å². The molecule has 0 spiro atoms. The molecule has 0 saturated heterocycles. The topological polar surface area (TPSA) is 40.7 Å². The van der Waals surface area contributed by atoms with E-state index in [0.717, 1.165) is 12.1 Å². The van der Waals surface area contributed by atoms with Crippen molar-refractivity contribution in [2.24, 2.45) is 0 Å². The van der Waals surface area contributed by atoms with E-state index in [9.17, 15) is 13.2 Å². The second-order valence-corrected chi connectivity index (χ2v) is 3.17. The molecule has 3 nitrogen and oxygen atoms in total. The first kappa shape index (κ1) is 10.5. The average molecular weight is 227 g/mol. The van der Waals surface area contributed by atoms with Crippen LogP contribution in [0.2, 0.25) is 0 Å². The van der Waals surface area contributed by atoms with Crippen LogP contribution in [0.4, 0.5) is 24.7 Å². The maximum atomic E-state index is 12.3. The molecule has 6 heteroatoms. The van der Waals surface area contributed by atoms with E-state index in [1.807, 2.05) is 0 Å². The van der Waals surface area contributed by atoms with Crippen LogP contribution in [-0.4, -0.2) is 10.2 Å². The molecule has 84 valence electrons. The Morgan fingerprint density at radius 3 is 2.25 bits per heavy atom. The Morgan fingerprint density at radius 2 is 1.75 bits per heavy atom. The maximum absolute atomic E-state index is 12.3. The van der Waals surface area contributed by atoms with Crippen molar-refractivity contribution in [2.75, 3.05) is 5.32 Å². The van der Waals surface area contributed by atoms with Gasteiger partial charge in [-0.05, 0) is 24.3 Å². The van der Waals surface area contributed by atoms with Crippen LogP contribution in [0.1, 0.15) is 5.56 Å². The van der Waals surface area contributed by atoms with Gasteiger partial charge < -0.3 is 5.32 Å². The van der Waals surface area contributed by atoms with Gasteiger partial charge in [-0.2, -0.15) is 18.3 Å². The molecule has 2 N–H and O–H groups in total. The van der Waals surface area contributed by atoms with Gasteiger partial charge >= 0.3 is 6.18 Å². The molecule has 0 atom stereocenters. The van der Waals surface area contributed by atoms with Gasteiger partial charge in [-0.3, -0.25) is 5.10 Å². The van der Waals surface area contributed by atoms with E-state index in [2.05, 4.69) is 15.5 Å². The summed E-state index contributed by atoms with van der Waals surface area (Å²) in [7, 11) is 0. The molecule has 0 bridgehead atoms. The van der Waals surface area contributed by atoms with E-state index < -0.39 is 11.7 Å². The van der Waals surface area contributed by atoms with Gasteiger partial charge in [0.05, 0.1) is 11.8 Å². The summed E-state index contributed by atoms with van der Waals surface area (Å²) in [6.45, 7) is 0. The number of halogens is 3. The zero-order valence-electron chi connectivity index (χ0n) is 8.05. The van der Waals surface area contributed by atoms with Crippen LogP contribution in [-0.2, 0) is 6.18 Å². The normalized spacial score (nSPS) is 11.4. The number of nitrogens with one attached hydrogen (secondary N) is 2. The highest BCUT2D eigenvalue weighted by Crippen LogP contribution is 2.30. The summed E-state index contributed by atoms with van der Waals surface area (Å²) in [5, 5.41) is 9.23.